The molecule has 20 atom stereocenters. The summed E-state index contributed by atoms with van der Waals surface area (Å²) in [6.45, 7) is 2.50. The molecule has 0 aromatic rings. The summed E-state index contributed by atoms with van der Waals surface area (Å²) in [5, 5.41) is 93.6. The van der Waals surface area contributed by atoms with Gasteiger partial charge in [-0.1, -0.05) is 0 Å². The molecular formula is C28H54N4O17. The van der Waals surface area contributed by atoms with Gasteiger partial charge in [-0.25, -0.2) is 0 Å². The lowest BCUT2D eigenvalue weighted by molar-refractivity contribution is -0.360. The third kappa shape index (κ3) is 8.87. The number of aliphatic hydroxyl groups is 9. The van der Waals surface area contributed by atoms with Gasteiger partial charge in [0.1, 0.15) is 73.2 Å². The number of rotatable bonds is 11. The van der Waals surface area contributed by atoms with Crippen LogP contribution < -0.4 is 22.9 Å². The zero-order valence-corrected chi connectivity index (χ0v) is 27.5. The number of nitrogens with two attached hydrogens (primary N) is 4. The average molecular weight is 719 g/mol. The van der Waals surface area contributed by atoms with Crippen LogP contribution in [0.2, 0.25) is 0 Å². The van der Waals surface area contributed by atoms with Crippen molar-refractivity contribution in [2.24, 2.45) is 22.9 Å². The van der Waals surface area contributed by atoms with Crippen molar-refractivity contribution in [3.05, 3.63) is 0 Å². The molecule has 288 valence electrons. The Hall–Kier alpha value is -0.840. The normalized spacial score (nSPS) is 50.0. The molecule has 0 aromatic heterocycles. The highest BCUT2D eigenvalue weighted by molar-refractivity contribution is 5.00. The van der Waals surface area contributed by atoms with Crippen molar-refractivity contribution >= 4 is 0 Å². The van der Waals surface area contributed by atoms with Gasteiger partial charge in [-0.15, -0.1) is 0 Å². The molecule has 0 saturated carbocycles. The van der Waals surface area contributed by atoms with Crippen molar-refractivity contribution in [1.29, 1.82) is 0 Å². The van der Waals surface area contributed by atoms with Gasteiger partial charge in [-0.05, 0) is 20.8 Å². The number of aliphatic hydroxyl groups excluding tert-OH is 9. The van der Waals surface area contributed by atoms with Gasteiger partial charge in [-0.2, -0.15) is 0 Å². The molecule has 4 fully saturated rings. The van der Waals surface area contributed by atoms with Crippen molar-refractivity contribution in [3.8, 4) is 0 Å². The zero-order chi connectivity index (χ0) is 36.5. The van der Waals surface area contributed by atoms with Crippen LogP contribution in [0.3, 0.4) is 0 Å². The van der Waals surface area contributed by atoms with E-state index in [4.69, 9.17) is 60.8 Å². The highest BCUT2D eigenvalue weighted by Gasteiger charge is 2.54. The molecular weight excluding hydrogens is 664 g/mol. The van der Waals surface area contributed by atoms with E-state index in [0.29, 0.717) is 0 Å². The Kier molecular flexibility index (Phi) is 14.1. The summed E-state index contributed by atoms with van der Waals surface area (Å²) in [6, 6.07) is -5.35. The molecule has 21 heteroatoms. The predicted molar refractivity (Wildman–Crippen MR) is 160 cm³/mol. The van der Waals surface area contributed by atoms with E-state index in [1.54, 1.807) is 20.8 Å². The topological polar surface area (TPSA) is 360 Å². The minimum absolute atomic E-state index is 0.563. The van der Waals surface area contributed by atoms with Gasteiger partial charge in [0.25, 0.3) is 0 Å². The molecule has 4 aliphatic rings. The van der Waals surface area contributed by atoms with E-state index in [1.807, 2.05) is 0 Å². The molecule has 4 aliphatic heterocycles. The Morgan fingerprint density at radius 1 is 0.469 bits per heavy atom. The van der Waals surface area contributed by atoms with Gasteiger partial charge >= 0.3 is 0 Å². The van der Waals surface area contributed by atoms with Gasteiger partial charge in [0.15, 0.2) is 25.2 Å². The fraction of sp³-hybridized carbons (Fsp3) is 1.00. The third-order valence-corrected chi connectivity index (χ3v) is 8.99. The molecule has 0 bridgehead atoms. The standard InChI is InChI=1S/C28H54N4O17/c1-28(2,3)49-23-11(7-36)45-27(15(32)19(23)40)48-22-10(6-35)44-26(14(31)18(22)39)47-21-9(5-34)43-25(13(30)17(21)38)46-20-8(4-33)42-24(41)12(29)16(20)37/h8-27,33-41H,4-7,29-32H2,1-3H3. The van der Waals surface area contributed by atoms with Crippen molar-refractivity contribution in [1.82, 2.24) is 0 Å². The second-order valence-electron chi connectivity index (χ2n) is 13.7. The predicted octanol–water partition coefficient (Wildman–Crippen LogP) is -8.06. The maximum Gasteiger partial charge on any atom is 0.176 e. The number of hydrogen-bond donors (Lipinski definition) is 13. The maximum absolute atomic E-state index is 11.2. The molecule has 4 heterocycles. The summed E-state index contributed by atoms with van der Waals surface area (Å²) in [6.07, 6.45) is -22.4. The zero-order valence-electron chi connectivity index (χ0n) is 27.5. The Balaban J connectivity index is 1.43. The highest BCUT2D eigenvalue weighted by atomic mass is 16.8. The first-order chi connectivity index (χ1) is 23.0. The summed E-state index contributed by atoms with van der Waals surface area (Å²) in [5.41, 5.74) is 23.7. The Morgan fingerprint density at radius 2 is 0.755 bits per heavy atom. The lowest BCUT2D eigenvalue weighted by atomic mass is 9.94. The quantitative estimate of drug-likeness (QED) is 0.0943. The molecule has 0 radical (unpaired) electrons. The summed E-state index contributed by atoms with van der Waals surface area (Å²) >= 11 is 0. The summed E-state index contributed by atoms with van der Waals surface area (Å²) < 4.78 is 45.9. The minimum atomic E-state index is -1.65. The Labute approximate surface area is 282 Å². The lowest BCUT2D eigenvalue weighted by Gasteiger charge is -2.50. The first-order valence-corrected chi connectivity index (χ1v) is 16.1. The lowest BCUT2D eigenvalue weighted by Crippen LogP contribution is -2.70. The van der Waals surface area contributed by atoms with Gasteiger partial charge < -0.3 is 107 Å². The van der Waals surface area contributed by atoms with E-state index in [1.165, 1.54) is 0 Å². The molecule has 20 unspecified atom stereocenters. The van der Waals surface area contributed by atoms with E-state index in [2.05, 4.69) is 0 Å². The fourth-order valence-electron chi connectivity index (χ4n) is 6.25. The summed E-state index contributed by atoms with van der Waals surface area (Å²) in [5.74, 6) is 0. The highest BCUT2D eigenvalue weighted by Crippen LogP contribution is 2.34. The smallest absolute Gasteiger partial charge is 0.176 e. The van der Waals surface area contributed by atoms with Crippen LogP contribution in [0, 0.1) is 0 Å². The van der Waals surface area contributed by atoms with Crippen LogP contribution in [0.1, 0.15) is 20.8 Å². The van der Waals surface area contributed by atoms with Gasteiger partial charge in [-0.3, -0.25) is 0 Å². The van der Waals surface area contributed by atoms with E-state index in [-0.39, 0.29) is 0 Å². The van der Waals surface area contributed by atoms with Crippen LogP contribution in [0.4, 0.5) is 0 Å². The monoisotopic (exact) mass is 718 g/mol. The number of ether oxygens (including phenoxy) is 8. The van der Waals surface area contributed by atoms with Gasteiger partial charge in [0, 0.05) is 0 Å². The molecule has 4 saturated heterocycles. The van der Waals surface area contributed by atoms with Crippen LogP contribution in [0.25, 0.3) is 0 Å². The molecule has 0 aliphatic carbocycles. The van der Waals surface area contributed by atoms with Gasteiger partial charge in [0.2, 0.25) is 0 Å². The Bertz CT molecular complexity index is 1030. The van der Waals surface area contributed by atoms with Crippen LogP contribution >= 0.6 is 0 Å². The molecule has 0 spiro atoms. The largest absolute Gasteiger partial charge is 0.394 e. The van der Waals surface area contributed by atoms with E-state index in [9.17, 15) is 46.0 Å². The molecule has 4 rings (SSSR count). The van der Waals surface area contributed by atoms with Crippen LogP contribution in [0.15, 0.2) is 0 Å². The van der Waals surface area contributed by atoms with E-state index >= 15 is 0 Å². The van der Waals surface area contributed by atoms with Gasteiger partial charge in [0.05, 0.1) is 56.2 Å². The minimum Gasteiger partial charge on any atom is -0.394 e. The number of hydrogen-bond acceptors (Lipinski definition) is 21. The van der Waals surface area contributed by atoms with Crippen LogP contribution in [0.5, 0.6) is 0 Å². The summed E-state index contributed by atoms with van der Waals surface area (Å²) in [4.78, 5) is 0. The second-order valence-corrected chi connectivity index (χ2v) is 13.7. The fourth-order valence-corrected chi connectivity index (χ4v) is 6.25. The molecule has 49 heavy (non-hydrogen) atoms. The molecule has 17 N–H and O–H groups in total. The summed E-state index contributed by atoms with van der Waals surface area (Å²) in [7, 11) is 0. The van der Waals surface area contributed by atoms with Crippen molar-refractivity contribution in [2.75, 3.05) is 26.4 Å². The van der Waals surface area contributed by atoms with Crippen molar-refractivity contribution in [3.63, 3.8) is 0 Å². The average Bonchev–Trinajstić information content (AvgIpc) is 3.06. The molecule has 0 aromatic carbocycles. The third-order valence-electron chi connectivity index (χ3n) is 8.99. The van der Waals surface area contributed by atoms with Crippen molar-refractivity contribution < 1.29 is 83.9 Å². The first kappa shape index (κ1) is 40.9. The maximum atomic E-state index is 11.2. The second kappa shape index (κ2) is 16.9. The first-order valence-electron chi connectivity index (χ1n) is 16.1. The Morgan fingerprint density at radius 3 is 1.08 bits per heavy atom. The SMILES string of the molecule is CC(C)(C)OC1C(CO)OC(OC2C(CO)OC(OC3C(CO)OC(OC4C(CO)OC(O)C(N)C4O)C(N)C3O)C(N)C2O)C(N)C1O. The van der Waals surface area contributed by atoms with Crippen LogP contribution in [-0.2, 0) is 37.9 Å². The van der Waals surface area contributed by atoms with Crippen molar-refractivity contribution in [2.45, 2.75) is 149 Å². The van der Waals surface area contributed by atoms with Crippen LogP contribution in [-0.4, -0.2) is 201 Å². The van der Waals surface area contributed by atoms with E-state index < -0.39 is 155 Å². The molecule has 21 nitrogen and oxygen atoms in total. The van der Waals surface area contributed by atoms with E-state index in [0.717, 1.165) is 0 Å². The molecule has 0 amide bonds.